The van der Waals surface area contributed by atoms with Crippen LogP contribution in [0.2, 0.25) is 0 Å². The first-order valence-corrected chi connectivity index (χ1v) is 8.11. The summed E-state index contributed by atoms with van der Waals surface area (Å²) in [6, 6.07) is 6.66. The van der Waals surface area contributed by atoms with E-state index in [9.17, 15) is 4.21 Å². The van der Waals surface area contributed by atoms with E-state index in [4.69, 9.17) is 12.2 Å². The first-order valence-electron chi connectivity index (χ1n) is 6.21. The zero-order valence-corrected chi connectivity index (χ0v) is 11.9. The zero-order valence-electron chi connectivity index (χ0n) is 10.3. The van der Waals surface area contributed by atoms with Gasteiger partial charge >= 0.3 is 0 Å². The average Bonchev–Trinajstić information content (AvgIpc) is 2.69. The second kappa shape index (κ2) is 4.63. The number of benzene rings is 1. The summed E-state index contributed by atoms with van der Waals surface area (Å²) < 4.78 is 14.5. The molecule has 0 spiro atoms. The third-order valence-corrected chi connectivity index (χ3v) is 5.36. The topological polar surface area (TPSA) is 37.8 Å². The van der Waals surface area contributed by atoms with Gasteiger partial charge in [0, 0.05) is 28.3 Å². The summed E-state index contributed by atoms with van der Waals surface area (Å²) in [6.07, 6.45) is 1.92. The Hall–Kier alpha value is -0.940. The van der Waals surface area contributed by atoms with Crippen molar-refractivity contribution >= 4 is 34.1 Å². The first kappa shape index (κ1) is 12.1. The lowest BCUT2D eigenvalue weighted by atomic mass is 10.1. The number of para-hydroxylation sites is 1. The molecule has 0 saturated carbocycles. The van der Waals surface area contributed by atoms with Gasteiger partial charge in [-0.05, 0) is 43.6 Å². The highest BCUT2D eigenvalue weighted by atomic mass is 32.2. The highest BCUT2D eigenvalue weighted by molar-refractivity contribution is 7.85. The number of H-pyrrole nitrogens is 1. The smallest absolute Gasteiger partial charge is 0.178 e. The van der Waals surface area contributed by atoms with Gasteiger partial charge in [0.25, 0.3) is 0 Å². The van der Waals surface area contributed by atoms with E-state index >= 15 is 0 Å². The summed E-state index contributed by atoms with van der Waals surface area (Å²) >= 11 is 5.45. The van der Waals surface area contributed by atoms with E-state index in [0.29, 0.717) is 6.04 Å². The SMILES string of the molecule is Cc1cccc2c1[nH]c(=S)n2C1CCS(=O)CC1. The number of aromatic amines is 1. The van der Waals surface area contributed by atoms with E-state index in [1.165, 1.54) is 11.1 Å². The molecular weight excluding hydrogens is 264 g/mol. The Morgan fingerprint density at radius 3 is 2.83 bits per heavy atom. The average molecular weight is 280 g/mol. The molecule has 1 fully saturated rings. The molecule has 1 N–H and O–H groups in total. The van der Waals surface area contributed by atoms with Gasteiger partial charge < -0.3 is 9.55 Å². The lowest BCUT2D eigenvalue weighted by Crippen LogP contribution is -2.21. The molecule has 1 aromatic heterocycles. The highest BCUT2D eigenvalue weighted by Crippen LogP contribution is 2.28. The maximum atomic E-state index is 11.4. The molecule has 5 heteroatoms. The predicted molar refractivity (Wildman–Crippen MR) is 78.0 cm³/mol. The van der Waals surface area contributed by atoms with Crippen molar-refractivity contribution < 1.29 is 4.21 Å². The first-order chi connectivity index (χ1) is 8.66. The molecule has 1 aliphatic rings. The zero-order chi connectivity index (χ0) is 12.7. The normalized spacial score (nSPS) is 24.5. The van der Waals surface area contributed by atoms with Gasteiger partial charge in [-0.25, -0.2) is 0 Å². The summed E-state index contributed by atoms with van der Waals surface area (Å²) in [5.41, 5.74) is 3.53. The van der Waals surface area contributed by atoms with E-state index in [2.05, 4.69) is 34.7 Å². The van der Waals surface area contributed by atoms with Crippen LogP contribution in [-0.2, 0) is 10.8 Å². The fourth-order valence-electron chi connectivity index (χ4n) is 2.69. The molecular formula is C13H16N2OS2. The van der Waals surface area contributed by atoms with Crippen LogP contribution in [0.4, 0.5) is 0 Å². The summed E-state index contributed by atoms with van der Waals surface area (Å²) in [4.78, 5) is 3.31. The van der Waals surface area contributed by atoms with E-state index < -0.39 is 10.8 Å². The molecule has 3 rings (SSSR count). The number of fused-ring (bicyclic) bond motifs is 1. The van der Waals surface area contributed by atoms with Crippen molar-refractivity contribution in [3.05, 3.63) is 28.5 Å². The Bertz CT molecular complexity index is 661. The molecule has 1 aliphatic heterocycles. The van der Waals surface area contributed by atoms with Crippen LogP contribution in [-0.4, -0.2) is 25.3 Å². The fraction of sp³-hybridized carbons (Fsp3) is 0.462. The Kier molecular flexibility index (Phi) is 3.11. The van der Waals surface area contributed by atoms with Gasteiger partial charge in [-0.1, -0.05) is 12.1 Å². The lowest BCUT2D eigenvalue weighted by molar-refractivity contribution is 0.468. The van der Waals surface area contributed by atoms with Crippen LogP contribution in [0.25, 0.3) is 11.0 Å². The number of hydrogen-bond donors (Lipinski definition) is 1. The van der Waals surface area contributed by atoms with Crippen LogP contribution in [0, 0.1) is 11.7 Å². The molecule has 0 bridgehead atoms. The van der Waals surface area contributed by atoms with Crippen molar-refractivity contribution in [1.29, 1.82) is 0 Å². The van der Waals surface area contributed by atoms with Crippen molar-refractivity contribution in [3.8, 4) is 0 Å². The largest absolute Gasteiger partial charge is 0.330 e. The van der Waals surface area contributed by atoms with Crippen molar-refractivity contribution in [3.63, 3.8) is 0 Å². The number of nitrogens with zero attached hydrogens (tertiary/aromatic N) is 1. The van der Waals surface area contributed by atoms with E-state index in [0.717, 1.165) is 34.6 Å². The van der Waals surface area contributed by atoms with E-state index in [1.807, 2.05) is 0 Å². The molecule has 0 unspecified atom stereocenters. The van der Waals surface area contributed by atoms with Gasteiger partial charge in [-0.2, -0.15) is 0 Å². The maximum absolute atomic E-state index is 11.4. The predicted octanol–water partition coefficient (Wildman–Crippen LogP) is 3.09. The highest BCUT2D eigenvalue weighted by Gasteiger charge is 2.21. The number of aromatic nitrogens is 2. The van der Waals surface area contributed by atoms with E-state index in [1.54, 1.807) is 0 Å². The van der Waals surface area contributed by atoms with Gasteiger partial charge in [0.1, 0.15) is 0 Å². The van der Waals surface area contributed by atoms with E-state index in [-0.39, 0.29) is 0 Å². The minimum atomic E-state index is -0.625. The van der Waals surface area contributed by atoms with Crippen LogP contribution in [0.1, 0.15) is 24.4 Å². The quantitative estimate of drug-likeness (QED) is 0.815. The van der Waals surface area contributed by atoms with Crippen molar-refractivity contribution in [2.45, 2.75) is 25.8 Å². The molecule has 96 valence electrons. The Labute approximate surface area is 114 Å². The number of rotatable bonds is 1. The lowest BCUT2D eigenvalue weighted by Gasteiger charge is -2.23. The van der Waals surface area contributed by atoms with Crippen molar-refractivity contribution in [2.24, 2.45) is 0 Å². The van der Waals surface area contributed by atoms with Gasteiger partial charge in [0.2, 0.25) is 0 Å². The molecule has 0 aliphatic carbocycles. The standard InChI is InChI=1S/C13H16N2OS2/c1-9-3-2-4-11-12(9)14-13(17)15(11)10-5-7-18(16)8-6-10/h2-4,10H,5-8H2,1H3,(H,14,17). The van der Waals surface area contributed by atoms with Crippen LogP contribution in [0.5, 0.6) is 0 Å². The molecule has 18 heavy (non-hydrogen) atoms. The number of aryl methyl sites for hydroxylation is 1. The maximum Gasteiger partial charge on any atom is 0.178 e. The molecule has 3 nitrogen and oxygen atoms in total. The molecule has 2 heterocycles. The monoisotopic (exact) mass is 280 g/mol. The van der Waals surface area contributed by atoms with Crippen LogP contribution >= 0.6 is 12.2 Å². The van der Waals surface area contributed by atoms with Gasteiger partial charge in [0.15, 0.2) is 4.77 Å². The summed E-state index contributed by atoms with van der Waals surface area (Å²) in [6.45, 7) is 2.09. The third-order valence-electron chi connectivity index (χ3n) is 3.68. The summed E-state index contributed by atoms with van der Waals surface area (Å²) in [5, 5.41) is 0. The Morgan fingerprint density at radius 2 is 2.11 bits per heavy atom. The Morgan fingerprint density at radius 1 is 1.39 bits per heavy atom. The van der Waals surface area contributed by atoms with Gasteiger partial charge in [-0.15, -0.1) is 0 Å². The van der Waals surface area contributed by atoms with Gasteiger partial charge in [0.05, 0.1) is 11.0 Å². The number of imidazole rings is 1. The van der Waals surface area contributed by atoms with Crippen molar-refractivity contribution in [1.82, 2.24) is 9.55 Å². The second-order valence-electron chi connectivity index (χ2n) is 4.85. The minimum absolute atomic E-state index is 0.394. The summed E-state index contributed by atoms with van der Waals surface area (Å²) in [5.74, 6) is 1.59. The minimum Gasteiger partial charge on any atom is -0.330 e. The van der Waals surface area contributed by atoms with Crippen LogP contribution in [0.3, 0.4) is 0 Å². The van der Waals surface area contributed by atoms with Crippen LogP contribution in [0.15, 0.2) is 18.2 Å². The second-order valence-corrected chi connectivity index (χ2v) is 6.93. The molecule has 0 atom stereocenters. The van der Waals surface area contributed by atoms with Crippen molar-refractivity contribution in [2.75, 3.05) is 11.5 Å². The fourth-order valence-corrected chi connectivity index (χ4v) is 4.32. The Balaban J connectivity index is 2.12. The molecule has 1 aromatic carbocycles. The molecule has 0 amide bonds. The third kappa shape index (κ3) is 1.95. The van der Waals surface area contributed by atoms with Crippen LogP contribution < -0.4 is 0 Å². The number of hydrogen-bond acceptors (Lipinski definition) is 2. The molecule has 1 saturated heterocycles. The number of nitrogens with one attached hydrogen (secondary N) is 1. The molecule has 2 aromatic rings. The summed E-state index contributed by atoms with van der Waals surface area (Å²) in [7, 11) is -0.625. The van der Waals surface area contributed by atoms with Gasteiger partial charge in [-0.3, -0.25) is 4.21 Å². The molecule has 0 radical (unpaired) electrons.